The van der Waals surface area contributed by atoms with Crippen molar-refractivity contribution in [3.8, 4) is 0 Å². The van der Waals surface area contributed by atoms with Crippen LogP contribution in [0.2, 0.25) is 0 Å². The van der Waals surface area contributed by atoms with E-state index in [1.807, 2.05) is 0 Å². The second kappa shape index (κ2) is 2.47. The van der Waals surface area contributed by atoms with Gasteiger partial charge in [-0.3, -0.25) is 10.1 Å². The summed E-state index contributed by atoms with van der Waals surface area (Å²) in [4.78, 5) is 9.76. The molecule has 1 aliphatic carbocycles. The van der Waals surface area contributed by atoms with Gasteiger partial charge in [0.15, 0.2) is 0 Å². The molecule has 3 heteroatoms. The minimum Gasteiger partial charge on any atom is -0.258 e. The highest BCUT2D eigenvalue weighted by Crippen LogP contribution is 2.16. The van der Waals surface area contributed by atoms with Crippen molar-refractivity contribution in [3.63, 3.8) is 0 Å². The first-order valence-electron chi connectivity index (χ1n) is 2.81. The smallest absolute Gasteiger partial charge is 0.258 e. The molecule has 0 saturated heterocycles. The lowest BCUT2D eigenvalue weighted by Crippen LogP contribution is -2.02. The van der Waals surface area contributed by atoms with Gasteiger partial charge in [-0.15, -0.1) is 0 Å². The minimum absolute atomic E-state index is 0.0961. The van der Waals surface area contributed by atoms with Gasteiger partial charge in [-0.1, -0.05) is 12.7 Å². The lowest BCUT2D eigenvalue weighted by molar-refractivity contribution is -0.421. The van der Waals surface area contributed by atoms with Crippen LogP contribution in [0.1, 0.15) is 6.42 Å². The molecule has 0 saturated carbocycles. The summed E-state index contributed by atoms with van der Waals surface area (Å²) in [6.45, 7) is 3.52. The number of nitrogens with zero attached hydrogens (tertiary/aromatic N) is 1. The summed E-state index contributed by atoms with van der Waals surface area (Å²) in [6, 6.07) is 0. The fourth-order valence-corrected chi connectivity index (χ4v) is 0.718. The summed E-state index contributed by atoms with van der Waals surface area (Å²) in [5.41, 5.74) is 0.617. The van der Waals surface area contributed by atoms with Crippen LogP contribution in [0.25, 0.3) is 0 Å². The Bertz CT molecular complexity index is 238. The van der Waals surface area contributed by atoms with Crippen molar-refractivity contribution < 1.29 is 4.92 Å². The van der Waals surface area contributed by atoms with E-state index in [0.717, 1.165) is 0 Å². The average Bonchev–Trinajstić information content (AvgIpc) is 1.88. The van der Waals surface area contributed by atoms with Crippen molar-refractivity contribution in [1.82, 2.24) is 0 Å². The number of allylic oxidation sites excluding steroid dienone is 4. The Labute approximate surface area is 58.5 Å². The van der Waals surface area contributed by atoms with Crippen molar-refractivity contribution in [2.75, 3.05) is 0 Å². The van der Waals surface area contributed by atoms with Gasteiger partial charge in [0.25, 0.3) is 5.70 Å². The van der Waals surface area contributed by atoms with E-state index in [1.165, 1.54) is 6.08 Å². The molecule has 10 heavy (non-hydrogen) atoms. The summed E-state index contributed by atoms with van der Waals surface area (Å²) in [6.07, 6.45) is 6.24. The van der Waals surface area contributed by atoms with Gasteiger partial charge < -0.3 is 0 Å². The standard InChI is InChI=1S/C7H6NO2/c1-6-4-2-3-5-7(6)8(9)10/h3,5H,1,4H2. The zero-order valence-corrected chi connectivity index (χ0v) is 5.33. The van der Waals surface area contributed by atoms with Crippen LogP contribution in [-0.2, 0) is 0 Å². The van der Waals surface area contributed by atoms with Crippen LogP contribution in [-0.4, -0.2) is 4.92 Å². The Morgan fingerprint density at radius 1 is 1.80 bits per heavy atom. The molecule has 0 amide bonds. The van der Waals surface area contributed by atoms with Gasteiger partial charge in [0, 0.05) is 18.1 Å². The average molecular weight is 136 g/mol. The molecule has 0 bridgehead atoms. The quantitative estimate of drug-likeness (QED) is 0.404. The summed E-state index contributed by atoms with van der Waals surface area (Å²) in [5.74, 6) is 0. The largest absolute Gasteiger partial charge is 0.272 e. The maximum absolute atomic E-state index is 10.2. The Hall–Kier alpha value is -1.38. The molecule has 1 radical (unpaired) electrons. The van der Waals surface area contributed by atoms with Crippen LogP contribution in [0.3, 0.4) is 0 Å². The molecule has 0 unspecified atom stereocenters. The number of hydrogen-bond donors (Lipinski definition) is 0. The summed E-state index contributed by atoms with van der Waals surface area (Å²) < 4.78 is 0. The molecule has 1 rings (SSSR count). The minimum atomic E-state index is -0.431. The molecular formula is C7H6NO2. The van der Waals surface area contributed by atoms with Gasteiger partial charge in [-0.2, -0.15) is 0 Å². The summed E-state index contributed by atoms with van der Waals surface area (Å²) in [5, 5.41) is 10.2. The van der Waals surface area contributed by atoms with Crippen LogP contribution in [0.5, 0.6) is 0 Å². The molecule has 0 aromatic heterocycles. The fourth-order valence-electron chi connectivity index (χ4n) is 0.718. The molecule has 0 atom stereocenters. The van der Waals surface area contributed by atoms with E-state index in [-0.39, 0.29) is 5.70 Å². The Morgan fingerprint density at radius 3 is 2.90 bits per heavy atom. The summed E-state index contributed by atoms with van der Waals surface area (Å²) in [7, 11) is 0. The lowest BCUT2D eigenvalue weighted by atomic mass is 10.1. The third-order valence-electron chi connectivity index (χ3n) is 1.23. The first-order valence-corrected chi connectivity index (χ1v) is 2.81. The SMILES string of the molecule is C=C1C[C]=CC=C1[N+](=O)[O-]. The van der Waals surface area contributed by atoms with E-state index >= 15 is 0 Å². The molecule has 51 valence electrons. The van der Waals surface area contributed by atoms with Crippen LogP contribution in [0.15, 0.2) is 30.0 Å². The molecule has 3 nitrogen and oxygen atoms in total. The lowest BCUT2D eigenvalue weighted by Gasteiger charge is -2.00. The Kier molecular flexibility index (Phi) is 1.67. The normalized spacial score (nSPS) is 16.8. The van der Waals surface area contributed by atoms with Gasteiger partial charge >= 0.3 is 0 Å². The third-order valence-corrected chi connectivity index (χ3v) is 1.23. The van der Waals surface area contributed by atoms with E-state index in [9.17, 15) is 10.1 Å². The molecule has 0 N–H and O–H groups in total. The molecular weight excluding hydrogens is 130 g/mol. The highest BCUT2D eigenvalue weighted by molar-refractivity contribution is 5.30. The zero-order chi connectivity index (χ0) is 7.56. The maximum atomic E-state index is 10.2. The second-order valence-electron chi connectivity index (χ2n) is 1.96. The topological polar surface area (TPSA) is 43.1 Å². The second-order valence-corrected chi connectivity index (χ2v) is 1.96. The number of hydrogen-bond acceptors (Lipinski definition) is 2. The molecule has 0 spiro atoms. The molecule has 0 aromatic rings. The highest BCUT2D eigenvalue weighted by Gasteiger charge is 2.14. The molecule has 0 heterocycles. The zero-order valence-electron chi connectivity index (χ0n) is 5.33. The monoisotopic (exact) mass is 136 g/mol. The fraction of sp³-hybridized carbons (Fsp3) is 0.143. The summed E-state index contributed by atoms with van der Waals surface area (Å²) >= 11 is 0. The van der Waals surface area contributed by atoms with Gasteiger partial charge in [-0.05, 0) is 6.08 Å². The van der Waals surface area contributed by atoms with E-state index in [4.69, 9.17) is 0 Å². The van der Waals surface area contributed by atoms with Crippen molar-refractivity contribution in [1.29, 1.82) is 0 Å². The molecule has 0 fully saturated rings. The molecule has 0 aliphatic heterocycles. The third kappa shape index (κ3) is 1.13. The van der Waals surface area contributed by atoms with E-state index in [0.29, 0.717) is 12.0 Å². The maximum Gasteiger partial charge on any atom is 0.272 e. The van der Waals surface area contributed by atoms with E-state index in [2.05, 4.69) is 12.7 Å². The predicted molar refractivity (Wildman–Crippen MR) is 36.6 cm³/mol. The van der Waals surface area contributed by atoms with Crippen LogP contribution in [0, 0.1) is 16.2 Å². The molecule has 0 aromatic carbocycles. The van der Waals surface area contributed by atoms with Gasteiger partial charge in [-0.25, -0.2) is 0 Å². The van der Waals surface area contributed by atoms with Crippen molar-refractivity contribution >= 4 is 0 Å². The van der Waals surface area contributed by atoms with Crippen LogP contribution in [0.4, 0.5) is 0 Å². The Morgan fingerprint density at radius 2 is 2.50 bits per heavy atom. The van der Waals surface area contributed by atoms with Crippen LogP contribution >= 0.6 is 0 Å². The van der Waals surface area contributed by atoms with Crippen molar-refractivity contribution in [2.45, 2.75) is 6.42 Å². The number of rotatable bonds is 1. The molecule has 1 aliphatic rings. The first-order chi connectivity index (χ1) is 4.72. The first kappa shape index (κ1) is 6.74. The van der Waals surface area contributed by atoms with Gasteiger partial charge in [0.1, 0.15) is 0 Å². The highest BCUT2D eigenvalue weighted by atomic mass is 16.6. The van der Waals surface area contributed by atoms with Crippen molar-refractivity contribution in [3.05, 3.63) is 46.2 Å². The van der Waals surface area contributed by atoms with Gasteiger partial charge in [0.2, 0.25) is 0 Å². The van der Waals surface area contributed by atoms with E-state index in [1.54, 1.807) is 6.08 Å². The number of nitro groups is 1. The van der Waals surface area contributed by atoms with E-state index < -0.39 is 4.92 Å². The van der Waals surface area contributed by atoms with Crippen LogP contribution < -0.4 is 0 Å². The van der Waals surface area contributed by atoms with Gasteiger partial charge in [0.05, 0.1) is 4.92 Å². The van der Waals surface area contributed by atoms with Crippen molar-refractivity contribution in [2.24, 2.45) is 0 Å². The Balaban J connectivity index is 2.91. The predicted octanol–water partition coefficient (Wildman–Crippen LogP) is 1.47.